The molecule has 2 heterocycles. The second-order valence-electron chi connectivity index (χ2n) is 10.1. The summed E-state index contributed by atoms with van der Waals surface area (Å²) < 4.78 is 6.44. The van der Waals surface area contributed by atoms with Crippen molar-refractivity contribution in [3.05, 3.63) is 146 Å². The highest BCUT2D eigenvalue weighted by molar-refractivity contribution is 6.11. The van der Waals surface area contributed by atoms with Crippen molar-refractivity contribution in [2.24, 2.45) is 0 Å². The molecular formula is C37H24N2O. The van der Waals surface area contributed by atoms with Crippen molar-refractivity contribution < 1.29 is 4.42 Å². The van der Waals surface area contributed by atoms with E-state index in [4.69, 9.17) is 4.42 Å². The van der Waals surface area contributed by atoms with E-state index in [0.717, 1.165) is 39.0 Å². The lowest BCUT2D eigenvalue weighted by atomic mass is 10.0. The quantitative estimate of drug-likeness (QED) is 0.220. The Kier molecular flexibility index (Phi) is 5.14. The van der Waals surface area contributed by atoms with Crippen LogP contribution in [0.4, 0.5) is 17.1 Å². The first-order valence-electron chi connectivity index (χ1n) is 13.5. The van der Waals surface area contributed by atoms with E-state index in [2.05, 4.69) is 131 Å². The van der Waals surface area contributed by atoms with Gasteiger partial charge in [-0.2, -0.15) is 0 Å². The highest BCUT2D eigenvalue weighted by Crippen LogP contribution is 2.43. The monoisotopic (exact) mass is 512 g/mol. The Morgan fingerprint density at radius 1 is 0.500 bits per heavy atom. The Balaban J connectivity index is 1.35. The molecule has 0 N–H and O–H groups in total. The standard InChI is InChI=1S/C37H24N2O/c1-2-7-25(8-3-1)26-15-17-29(18-16-26)39(35-12-6-11-34-33-21-22-38-24-36(33)40-37(34)35)30-19-20-32-28(23-30)14-13-27-9-4-5-10-31(27)32/h1-24H. The van der Waals surface area contributed by atoms with E-state index in [1.165, 1.54) is 32.7 Å². The van der Waals surface area contributed by atoms with E-state index in [1.807, 2.05) is 18.3 Å². The molecule has 0 aliphatic carbocycles. The van der Waals surface area contributed by atoms with Crippen LogP contribution in [0.15, 0.2) is 150 Å². The summed E-state index contributed by atoms with van der Waals surface area (Å²) in [5, 5.41) is 7.09. The van der Waals surface area contributed by atoms with Crippen LogP contribution in [0.3, 0.4) is 0 Å². The molecule has 0 amide bonds. The van der Waals surface area contributed by atoms with Gasteiger partial charge in [-0.1, -0.05) is 97.1 Å². The lowest BCUT2D eigenvalue weighted by molar-refractivity contribution is 0.667. The Morgan fingerprint density at radius 2 is 1.23 bits per heavy atom. The van der Waals surface area contributed by atoms with Crippen molar-refractivity contribution in [2.45, 2.75) is 0 Å². The molecule has 0 radical (unpaired) electrons. The predicted octanol–water partition coefficient (Wildman–Crippen LogP) is 10.4. The topological polar surface area (TPSA) is 29.3 Å². The van der Waals surface area contributed by atoms with Gasteiger partial charge in [0.15, 0.2) is 11.2 Å². The number of para-hydroxylation sites is 1. The fourth-order valence-electron chi connectivity index (χ4n) is 5.81. The highest BCUT2D eigenvalue weighted by atomic mass is 16.3. The van der Waals surface area contributed by atoms with Gasteiger partial charge in [0.25, 0.3) is 0 Å². The van der Waals surface area contributed by atoms with Crippen molar-refractivity contribution in [3.63, 3.8) is 0 Å². The Labute approximate surface area is 231 Å². The van der Waals surface area contributed by atoms with Gasteiger partial charge in [-0.25, -0.2) is 0 Å². The number of hydrogen-bond acceptors (Lipinski definition) is 3. The average Bonchev–Trinajstić information content (AvgIpc) is 3.41. The fourth-order valence-corrected chi connectivity index (χ4v) is 5.81. The Hall–Kier alpha value is -5.41. The molecule has 3 nitrogen and oxygen atoms in total. The van der Waals surface area contributed by atoms with Crippen LogP contribution >= 0.6 is 0 Å². The van der Waals surface area contributed by atoms with Gasteiger partial charge >= 0.3 is 0 Å². The van der Waals surface area contributed by atoms with Crippen LogP contribution in [-0.2, 0) is 0 Å². The summed E-state index contributed by atoms with van der Waals surface area (Å²) in [4.78, 5) is 6.58. The zero-order valence-electron chi connectivity index (χ0n) is 21.7. The molecule has 0 spiro atoms. The van der Waals surface area contributed by atoms with Gasteiger partial charge in [0.1, 0.15) is 0 Å². The van der Waals surface area contributed by atoms with Crippen molar-refractivity contribution in [3.8, 4) is 11.1 Å². The number of aromatic nitrogens is 1. The first-order chi connectivity index (χ1) is 19.8. The molecule has 0 bridgehead atoms. The maximum absolute atomic E-state index is 6.44. The predicted molar refractivity (Wildman–Crippen MR) is 167 cm³/mol. The summed E-state index contributed by atoms with van der Waals surface area (Å²) in [7, 11) is 0. The number of hydrogen-bond donors (Lipinski definition) is 0. The van der Waals surface area contributed by atoms with Crippen molar-refractivity contribution in [2.75, 3.05) is 4.90 Å². The summed E-state index contributed by atoms with van der Waals surface area (Å²) in [5.74, 6) is 0. The molecule has 0 fully saturated rings. The third kappa shape index (κ3) is 3.63. The lowest BCUT2D eigenvalue weighted by Crippen LogP contribution is -2.10. The molecule has 0 aliphatic heterocycles. The largest absolute Gasteiger partial charge is 0.452 e. The van der Waals surface area contributed by atoms with E-state index in [-0.39, 0.29) is 0 Å². The molecular weight excluding hydrogens is 488 g/mol. The van der Waals surface area contributed by atoms with E-state index < -0.39 is 0 Å². The first-order valence-corrected chi connectivity index (χ1v) is 13.5. The zero-order valence-corrected chi connectivity index (χ0v) is 21.7. The van der Waals surface area contributed by atoms with Gasteiger partial charge in [0.05, 0.1) is 11.9 Å². The SMILES string of the molecule is c1ccc(-c2ccc(N(c3ccc4c(ccc5ccccc54)c3)c3cccc4c3oc3cnccc34)cc2)cc1. The maximum atomic E-state index is 6.44. The van der Waals surface area contributed by atoms with E-state index in [0.29, 0.717) is 0 Å². The highest BCUT2D eigenvalue weighted by Gasteiger charge is 2.20. The second kappa shape index (κ2) is 9.11. The number of anilines is 3. The first kappa shape index (κ1) is 22.6. The molecule has 0 atom stereocenters. The van der Waals surface area contributed by atoms with Crippen LogP contribution in [0.2, 0.25) is 0 Å². The number of rotatable bonds is 4. The van der Waals surface area contributed by atoms with Crippen molar-refractivity contribution in [1.29, 1.82) is 0 Å². The normalized spacial score (nSPS) is 11.5. The molecule has 8 rings (SSSR count). The summed E-state index contributed by atoms with van der Waals surface area (Å²) >= 11 is 0. The van der Waals surface area contributed by atoms with E-state index >= 15 is 0 Å². The summed E-state index contributed by atoms with van der Waals surface area (Å²) in [6, 6.07) is 47.3. The molecule has 6 aromatic carbocycles. The molecule has 8 aromatic rings. The summed E-state index contributed by atoms with van der Waals surface area (Å²) in [6.45, 7) is 0. The van der Waals surface area contributed by atoms with E-state index in [1.54, 1.807) is 6.20 Å². The van der Waals surface area contributed by atoms with Gasteiger partial charge in [0.2, 0.25) is 0 Å². The van der Waals surface area contributed by atoms with Crippen LogP contribution in [0.25, 0.3) is 54.6 Å². The van der Waals surface area contributed by atoms with Crippen LogP contribution in [-0.4, -0.2) is 4.98 Å². The van der Waals surface area contributed by atoms with Crippen molar-refractivity contribution in [1.82, 2.24) is 4.98 Å². The van der Waals surface area contributed by atoms with Crippen LogP contribution in [0.1, 0.15) is 0 Å². The van der Waals surface area contributed by atoms with Gasteiger partial charge in [-0.05, 0) is 69.1 Å². The molecule has 0 saturated heterocycles. The number of nitrogens with zero attached hydrogens (tertiary/aromatic N) is 2. The Morgan fingerprint density at radius 3 is 2.12 bits per heavy atom. The molecule has 2 aromatic heterocycles. The molecule has 0 aliphatic rings. The number of benzene rings is 6. The minimum atomic E-state index is 0.786. The van der Waals surface area contributed by atoms with E-state index in [9.17, 15) is 0 Å². The lowest BCUT2D eigenvalue weighted by Gasteiger charge is -2.26. The molecule has 188 valence electrons. The van der Waals surface area contributed by atoms with Gasteiger partial charge < -0.3 is 9.32 Å². The minimum Gasteiger partial charge on any atom is -0.452 e. The second-order valence-corrected chi connectivity index (χ2v) is 10.1. The number of furan rings is 1. The third-order valence-corrected chi connectivity index (χ3v) is 7.74. The van der Waals surface area contributed by atoms with Crippen LogP contribution in [0.5, 0.6) is 0 Å². The third-order valence-electron chi connectivity index (χ3n) is 7.74. The Bertz CT molecular complexity index is 2160. The van der Waals surface area contributed by atoms with Gasteiger partial charge in [-0.3, -0.25) is 4.98 Å². The van der Waals surface area contributed by atoms with Crippen molar-refractivity contribution >= 4 is 60.5 Å². The summed E-state index contributed by atoms with van der Waals surface area (Å²) in [5.41, 5.74) is 7.13. The molecule has 0 unspecified atom stereocenters. The smallest absolute Gasteiger partial charge is 0.159 e. The fraction of sp³-hybridized carbons (Fsp3) is 0. The van der Waals surface area contributed by atoms with Gasteiger partial charge in [0, 0.05) is 28.3 Å². The average molecular weight is 513 g/mol. The molecule has 3 heteroatoms. The van der Waals surface area contributed by atoms with Crippen LogP contribution in [0, 0.1) is 0 Å². The van der Waals surface area contributed by atoms with Gasteiger partial charge in [-0.15, -0.1) is 0 Å². The van der Waals surface area contributed by atoms with Crippen LogP contribution < -0.4 is 4.90 Å². The summed E-state index contributed by atoms with van der Waals surface area (Å²) in [6.07, 6.45) is 3.61. The number of pyridine rings is 1. The minimum absolute atomic E-state index is 0.786. The zero-order chi connectivity index (χ0) is 26.5. The number of fused-ring (bicyclic) bond motifs is 6. The molecule has 40 heavy (non-hydrogen) atoms. The molecule has 0 saturated carbocycles. The maximum Gasteiger partial charge on any atom is 0.159 e.